The molecule has 0 amide bonds. The highest BCUT2D eigenvalue weighted by Gasteiger charge is 2.44. The van der Waals surface area contributed by atoms with E-state index in [0.29, 0.717) is 47.2 Å². The monoisotopic (exact) mass is 861 g/mol. The maximum Gasteiger partial charge on any atom is 0.710 e. The molecule has 2 heterocycles. The zero-order chi connectivity index (χ0) is 39.3. The number of ether oxygens (including phenoxy) is 2. The highest BCUT2D eigenvalue weighted by molar-refractivity contribution is 7.64. The van der Waals surface area contributed by atoms with Crippen LogP contribution in [0.4, 0.5) is 11.8 Å². The number of nitrogens with one attached hydrogen (secondary N) is 1. The van der Waals surface area contributed by atoms with Gasteiger partial charge in [0.25, 0.3) is 0 Å². The summed E-state index contributed by atoms with van der Waals surface area (Å²) in [5.41, 5.74) is 7.70. The summed E-state index contributed by atoms with van der Waals surface area (Å²) in [6, 6.07) is 6.66. The number of fused-ring (bicyclic) bond motifs is 1. The number of hydrogen-bond donors (Lipinski definition) is 6. The molecule has 1 saturated carbocycles. The minimum absolute atomic E-state index is 0. The number of nitrogens with zero attached hydrogens (tertiary/aromatic N) is 4. The number of carbonyl (C=O) groups excluding carboxylic acids is 1. The predicted octanol–water partition coefficient (Wildman–Crippen LogP) is 8.35. The summed E-state index contributed by atoms with van der Waals surface area (Å²) in [6.45, 7) is 1.24. The third-order valence-electron chi connectivity index (χ3n) is 8.84. The van der Waals surface area contributed by atoms with Crippen LogP contribution < -0.4 is 28.1 Å². The molecule has 4 unspecified atom stereocenters. The van der Waals surface area contributed by atoms with E-state index < -0.39 is 30.7 Å². The van der Waals surface area contributed by atoms with Crippen molar-refractivity contribution >= 4 is 52.8 Å². The molecule has 0 aliphatic heterocycles. The molecule has 2 aliphatic rings. The number of allylic oxidation sites excluding steroid dienone is 1. The minimum atomic E-state index is -5.37. The van der Waals surface area contributed by atoms with Crippen LogP contribution in [-0.2, 0) is 47.5 Å². The van der Waals surface area contributed by atoms with Crippen LogP contribution in [0, 0.1) is 5.92 Å². The van der Waals surface area contributed by atoms with Crippen LogP contribution in [0.5, 0.6) is 5.75 Å². The number of esters is 1. The summed E-state index contributed by atoms with van der Waals surface area (Å²) in [6.07, 6.45) is 18.5. The Morgan fingerprint density at radius 1 is 0.982 bits per heavy atom. The maximum absolute atomic E-state index is 12.5. The zero-order valence-electron chi connectivity index (χ0n) is 32.2. The lowest BCUT2D eigenvalue weighted by atomic mass is 10.1. The molecular weight excluding hydrogens is 805 g/mol. The van der Waals surface area contributed by atoms with Crippen LogP contribution in [0.1, 0.15) is 102 Å². The Kier molecular flexibility index (Phi) is 19.8. The fraction of sp³-hybridized carbons (Fsp3) is 0.588. The highest BCUT2D eigenvalue weighted by Crippen LogP contribution is 2.64. The lowest BCUT2D eigenvalue weighted by Gasteiger charge is -2.16. The molecule has 2 aromatic heterocycles. The molecule has 2 aliphatic carbocycles. The zero-order valence-corrected chi connectivity index (χ0v) is 34.9. The standard InChI is InChI=1S/C34H49N6O12P3.2H3N/c1-2-3-4-5-6-7-8-9-10-11-30(41)50-29-18-13-25(14-19-29)21-47-24-48-53(42)51-55(45,46)52-54(43,44)49-22-26-12-17-28(20-26)40-23-36-31-32(37-27-15-16-27)38-34(35)39-33(31)40;;/h12-14,17-19,23,26-28H,2-11,15-16,20-22,24H2,1H3,(H4-,35,37,38,39,43,44,45,46);2*1H3/p+1/t26-,28?;;/m1../s1. The first-order valence-corrected chi connectivity index (χ1v) is 22.6. The Hall–Kier alpha value is -3.22. The molecule has 57 heavy (non-hydrogen) atoms. The molecule has 1 fully saturated rings. The van der Waals surface area contributed by atoms with Crippen LogP contribution in [0.15, 0.2) is 42.7 Å². The van der Waals surface area contributed by atoms with E-state index in [9.17, 15) is 28.3 Å². The number of anilines is 2. The van der Waals surface area contributed by atoms with Gasteiger partial charge < -0.3 is 42.3 Å². The van der Waals surface area contributed by atoms with Gasteiger partial charge in [-0.15, -0.1) is 0 Å². The van der Waals surface area contributed by atoms with Gasteiger partial charge in [-0.1, -0.05) is 87.1 Å². The second kappa shape index (κ2) is 23.4. The molecule has 0 spiro atoms. The number of aromatic nitrogens is 4. The second-order valence-corrected chi connectivity index (χ2v) is 17.7. The topological polar surface area (TPSA) is 316 Å². The number of unbranched alkanes of at least 4 members (excludes halogenated alkanes) is 8. The summed E-state index contributed by atoms with van der Waals surface area (Å²) < 4.78 is 67.7. The number of phosphoric ester groups is 1. The van der Waals surface area contributed by atoms with E-state index in [1.165, 1.54) is 38.5 Å². The fourth-order valence-corrected chi connectivity index (χ4v) is 8.93. The average Bonchev–Trinajstić information content (AvgIpc) is 3.64. The Bertz CT molecular complexity index is 1860. The van der Waals surface area contributed by atoms with Gasteiger partial charge in [0.15, 0.2) is 17.0 Å². The van der Waals surface area contributed by atoms with Crippen LogP contribution in [0.2, 0.25) is 0 Å². The van der Waals surface area contributed by atoms with Crippen molar-refractivity contribution in [1.29, 1.82) is 0 Å². The summed E-state index contributed by atoms with van der Waals surface area (Å²) in [4.78, 5) is 45.2. The van der Waals surface area contributed by atoms with Crippen LogP contribution in [-0.4, -0.2) is 54.7 Å². The van der Waals surface area contributed by atoms with Gasteiger partial charge in [-0.25, -0.2) is 14.1 Å². The van der Waals surface area contributed by atoms with Gasteiger partial charge in [0.2, 0.25) is 12.7 Å². The normalized spacial score (nSPS) is 18.6. The first-order valence-electron chi connectivity index (χ1n) is 18.5. The summed E-state index contributed by atoms with van der Waals surface area (Å²) >= 11 is 0. The minimum Gasteiger partial charge on any atom is -0.427 e. The van der Waals surface area contributed by atoms with E-state index in [2.05, 4.69) is 35.8 Å². The Balaban J connectivity index is 0.00000435. The SMILES string of the molecule is CCCCCCCCCCCC(=O)Oc1ccc(COCO[P+](=O)OP(=O)(O)OP(=O)(O)OC[C@@H]2C=CC(n3cnc4c(NC5CC5)nc(N)nc43)C2)cc1.N.N. The van der Waals surface area contributed by atoms with E-state index in [1.54, 1.807) is 36.7 Å². The van der Waals surface area contributed by atoms with Gasteiger partial charge in [-0.3, -0.25) is 14.2 Å². The van der Waals surface area contributed by atoms with Gasteiger partial charge in [-0.2, -0.15) is 14.3 Å². The molecule has 0 saturated heterocycles. The maximum atomic E-state index is 12.5. The number of phosphoric acid groups is 2. The van der Waals surface area contributed by atoms with E-state index in [-0.39, 0.29) is 49.4 Å². The van der Waals surface area contributed by atoms with Crippen LogP contribution in [0.25, 0.3) is 11.2 Å². The van der Waals surface area contributed by atoms with Crippen molar-refractivity contribution in [2.24, 2.45) is 5.92 Å². The Morgan fingerprint density at radius 3 is 2.35 bits per heavy atom. The van der Waals surface area contributed by atoms with Gasteiger partial charge in [0, 0.05) is 22.9 Å². The van der Waals surface area contributed by atoms with Crippen molar-refractivity contribution in [3.05, 3.63) is 48.3 Å². The second-order valence-electron chi connectivity index (χ2n) is 13.5. The largest absolute Gasteiger partial charge is 0.710 e. The highest BCUT2D eigenvalue weighted by atomic mass is 31.3. The summed E-state index contributed by atoms with van der Waals surface area (Å²) in [5, 5.41) is 3.30. The molecule has 318 valence electrons. The number of hydrogen-bond acceptors (Lipinski definition) is 17. The molecule has 5 rings (SSSR count). The molecule has 23 heteroatoms. The molecule has 0 bridgehead atoms. The number of rotatable bonds is 26. The van der Waals surface area contributed by atoms with Crippen molar-refractivity contribution in [2.45, 2.75) is 109 Å². The number of imidazole rings is 1. The van der Waals surface area contributed by atoms with Gasteiger partial charge in [-0.05, 0) is 47.7 Å². The van der Waals surface area contributed by atoms with Crippen molar-refractivity contribution in [2.75, 3.05) is 24.5 Å². The summed E-state index contributed by atoms with van der Waals surface area (Å²) in [7, 11) is -13.8. The third kappa shape index (κ3) is 16.5. The number of carbonyl (C=O) groups is 1. The quantitative estimate of drug-likeness (QED) is 0.0110. The van der Waals surface area contributed by atoms with E-state index in [4.69, 9.17) is 24.3 Å². The number of nitrogens with two attached hydrogens (primary N) is 1. The molecule has 11 N–H and O–H groups in total. The smallest absolute Gasteiger partial charge is 0.427 e. The fourth-order valence-electron chi connectivity index (χ4n) is 5.90. The molecule has 5 atom stereocenters. The Morgan fingerprint density at radius 2 is 1.67 bits per heavy atom. The lowest BCUT2D eigenvalue weighted by molar-refractivity contribution is -0.134. The first kappa shape index (κ1) is 48.2. The summed E-state index contributed by atoms with van der Waals surface area (Å²) in [5.74, 6) is 0.364. The average molecular weight is 862 g/mol. The molecule has 3 aromatic rings. The van der Waals surface area contributed by atoms with E-state index in [0.717, 1.165) is 32.1 Å². The van der Waals surface area contributed by atoms with Crippen molar-refractivity contribution in [3.63, 3.8) is 0 Å². The van der Waals surface area contributed by atoms with Crippen molar-refractivity contribution in [1.82, 2.24) is 31.8 Å². The number of benzene rings is 1. The third-order valence-corrected chi connectivity index (χ3v) is 12.6. The first-order chi connectivity index (χ1) is 26.4. The lowest BCUT2D eigenvalue weighted by Crippen LogP contribution is -2.11. The van der Waals surface area contributed by atoms with E-state index >= 15 is 0 Å². The van der Waals surface area contributed by atoms with Gasteiger partial charge in [0.05, 0.1) is 25.6 Å². The van der Waals surface area contributed by atoms with Crippen molar-refractivity contribution < 1.29 is 55.4 Å². The van der Waals surface area contributed by atoms with E-state index in [1.807, 2.05) is 10.6 Å². The molecule has 1 aromatic carbocycles. The Labute approximate surface area is 333 Å². The molecule has 0 radical (unpaired) electrons. The van der Waals surface area contributed by atoms with Gasteiger partial charge in [0.1, 0.15) is 5.75 Å². The van der Waals surface area contributed by atoms with Crippen molar-refractivity contribution in [3.8, 4) is 5.75 Å². The molecular formula is C34H56N8O12P3+. The number of nitrogen functional groups attached to an aromatic ring is 1. The van der Waals surface area contributed by atoms with Crippen LogP contribution >= 0.6 is 23.9 Å². The van der Waals surface area contributed by atoms with Gasteiger partial charge >= 0.3 is 29.9 Å². The van der Waals surface area contributed by atoms with Crippen LogP contribution in [0.3, 0.4) is 0 Å². The molecule has 20 nitrogen and oxygen atoms in total. The predicted molar refractivity (Wildman–Crippen MR) is 213 cm³/mol.